The number of carbonyl (C=O) groups excluding carboxylic acids is 1. The van der Waals surface area contributed by atoms with Crippen molar-refractivity contribution < 1.29 is 9.53 Å². The van der Waals surface area contributed by atoms with Crippen LogP contribution in [0.25, 0.3) is 0 Å². The number of nitrogens with one attached hydrogen (secondary N) is 1. The van der Waals surface area contributed by atoms with Crippen molar-refractivity contribution in [3.63, 3.8) is 0 Å². The summed E-state index contributed by atoms with van der Waals surface area (Å²) in [6.07, 6.45) is 4.99. The Balaban J connectivity index is 2.08. The molecule has 19 heavy (non-hydrogen) atoms. The van der Waals surface area contributed by atoms with E-state index in [-0.39, 0.29) is 5.97 Å². The van der Waals surface area contributed by atoms with Gasteiger partial charge in [-0.1, -0.05) is 13.0 Å². The third-order valence-electron chi connectivity index (χ3n) is 4.03. The zero-order chi connectivity index (χ0) is 13.8. The van der Waals surface area contributed by atoms with E-state index in [0.29, 0.717) is 11.6 Å². The summed E-state index contributed by atoms with van der Waals surface area (Å²) in [6, 6.07) is 6.22. The molecule has 3 nitrogen and oxygen atoms in total. The van der Waals surface area contributed by atoms with Crippen LogP contribution in [-0.2, 0) is 4.74 Å². The lowest BCUT2D eigenvalue weighted by Crippen LogP contribution is -2.25. The molecule has 1 aromatic carbocycles. The van der Waals surface area contributed by atoms with E-state index in [4.69, 9.17) is 4.74 Å². The maximum absolute atomic E-state index is 11.6. The first kappa shape index (κ1) is 13.9. The largest absolute Gasteiger partial charge is 0.465 e. The Bertz CT molecular complexity index is 448. The van der Waals surface area contributed by atoms with Crippen LogP contribution in [0.15, 0.2) is 18.2 Å². The van der Waals surface area contributed by atoms with E-state index in [2.05, 4.69) is 19.2 Å². The Kier molecular flexibility index (Phi) is 4.46. The minimum Gasteiger partial charge on any atom is -0.465 e. The number of carbonyl (C=O) groups is 1. The Morgan fingerprint density at radius 3 is 2.58 bits per heavy atom. The van der Waals surface area contributed by atoms with E-state index >= 15 is 0 Å². The highest BCUT2D eigenvalue weighted by molar-refractivity contribution is 5.90. The van der Waals surface area contributed by atoms with Gasteiger partial charge in [0, 0.05) is 11.7 Å². The number of aryl methyl sites for hydroxylation is 1. The van der Waals surface area contributed by atoms with Gasteiger partial charge in [-0.3, -0.25) is 0 Å². The van der Waals surface area contributed by atoms with Gasteiger partial charge in [-0.05, 0) is 56.2 Å². The lowest BCUT2D eigenvalue weighted by Gasteiger charge is -2.28. The fraction of sp³-hybridized carbons (Fsp3) is 0.562. The highest BCUT2D eigenvalue weighted by Crippen LogP contribution is 2.27. The van der Waals surface area contributed by atoms with E-state index in [9.17, 15) is 4.79 Å². The minimum absolute atomic E-state index is 0.277. The van der Waals surface area contributed by atoms with Gasteiger partial charge in [-0.15, -0.1) is 0 Å². The van der Waals surface area contributed by atoms with Crippen molar-refractivity contribution in [1.29, 1.82) is 0 Å². The Hall–Kier alpha value is -1.51. The van der Waals surface area contributed by atoms with Gasteiger partial charge in [0.1, 0.15) is 0 Å². The maximum Gasteiger partial charge on any atom is 0.337 e. The van der Waals surface area contributed by atoms with Crippen molar-refractivity contribution in [1.82, 2.24) is 0 Å². The zero-order valence-electron chi connectivity index (χ0n) is 12.0. The summed E-state index contributed by atoms with van der Waals surface area (Å²) >= 11 is 0. The molecule has 1 N–H and O–H groups in total. The normalized spacial score (nSPS) is 22.9. The van der Waals surface area contributed by atoms with Gasteiger partial charge in [0.15, 0.2) is 0 Å². The fourth-order valence-electron chi connectivity index (χ4n) is 2.65. The van der Waals surface area contributed by atoms with Crippen molar-refractivity contribution in [2.24, 2.45) is 5.92 Å². The number of ether oxygens (including phenoxy) is 1. The second kappa shape index (κ2) is 6.09. The molecule has 0 atom stereocenters. The molecule has 0 spiro atoms. The number of anilines is 1. The van der Waals surface area contributed by atoms with Crippen molar-refractivity contribution in [2.45, 2.75) is 45.6 Å². The van der Waals surface area contributed by atoms with Crippen molar-refractivity contribution >= 4 is 11.7 Å². The second-order valence-electron chi connectivity index (χ2n) is 5.62. The van der Waals surface area contributed by atoms with E-state index in [1.54, 1.807) is 0 Å². The first-order valence-electron chi connectivity index (χ1n) is 7.05. The van der Waals surface area contributed by atoms with Crippen LogP contribution in [0, 0.1) is 12.8 Å². The summed E-state index contributed by atoms with van der Waals surface area (Å²) < 4.78 is 4.77. The van der Waals surface area contributed by atoms with Gasteiger partial charge in [0.05, 0.1) is 12.7 Å². The average molecular weight is 261 g/mol. The number of methoxy groups -OCH3 is 1. The standard InChI is InChI=1S/C16H23NO2/c1-11-4-8-14(9-5-11)17-15-10-13(16(18)19-3)7-6-12(15)2/h6-7,10-11,14,17H,4-5,8-9H2,1-3H3. The smallest absolute Gasteiger partial charge is 0.337 e. The van der Waals surface area contributed by atoms with Gasteiger partial charge in [0.2, 0.25) is 0 Å². The lowest BCUT2D eigenvalue weighted by molar-refractivity contribution is 0.0601. The quantitative estimate of drug-likeness (QED) is 0.842. The van der Waals surface area contributed by atoms with Crippen LogP contribution in [0.5, 0.6) is 0 Å². The SMILES string of the molecule is COC(=O)c1ccc(C)c(NC2CCC(C)CC2)c1. The van der Waals surface area contributed by atoms with Crippen molar-refractivity contribution in [2.75, 3.05) is 12.4 Å². The van der Waals surface area contributed by atoms with Crippen molar-refractivity contribution in [3.8, 4) is 0 Å². The zero-order valence-corrected chi connectivity index (χ0v) is 12.0. The van der Waals surface area contributed by atoms with Crippen LogP contribution in [0.3, 0.4) is 0 Å². The number of esters is 1. The molecule has 0 unspecified atom stereocenters. The molecule has 104 valence electrons. The van der Waals surface area contributed by atoms with Crippen LogP contribution in [-0.4, -0.2) is 19.1 Å². The molecule has 0 saturated heterocycles. The minimum atomic E-state index is -0.277. The van der Waals surface area contributed by atoms with Gasteiger partial charge in [-0.2, -0.15) is 0 Å². The Labute approximate surface area is 115 Å². The van der Waals surface area contributed by atoms with Crippen LogP contribution < -0.4 is 5.32 Å². The molecular formula is C16H23NO2. The van der Waals surface area contributed by atoms with Crippen LogP contribution in [0.2, 0.25) is 0 Å². The molecular weight excluding hydrogens is 238 g/mol. The van der Waals surface area contributed by atoms with Crippen LogP contribution >= 0.6 is 0 Å². The van der Waals surface area contributed by atoms with E-state index < -0.39 is 0 Å². The first-order valence-corrected chi connectivity index (χ1v) is 7.05. The van der Waals surface area contributed by atoms with E-state index in [1.165, 1.54) is 38.4 Å². The summed E-state index contributed by atoms with van der Waals surface area (Å²) in [5.74, 6) is 0.570. The van der Waals surface area contributed by atoms with Gasteiger partial charge >= 0.3 is 5.97 Å². The van der Waals surface area contributed by atoms with E-state index in [1.807, 2.05) is 18.2 Å². The van der Waals surface area contributed by atoms with E-state index in [0.717, 1.165) is 11.6 Å². The number of benzene rings is 1. The summed E-state index contributed by atoms with van der Waals surface area (Å²) in [6.45, 7) is 4.38. The second-order valence-corrected chi connectivity index (χ2v) is 5.62. The van der Waals surface area contributed by atoms with Gasteiger partial charge in [-0.25, -0.2) is 4.79 Å². The number of rotatable bonds is 3. The topological polar surface area (TPSA) is 38.3 Å². The number of hydrogen-bond donors (Lipinski definition) is 1. The van der Waals surface area contributed by atoms with Gasteiger partial charge in [0.25, 0.3) is 0 Å². The molecule has 0 aromatic heterocycles. The maximum atomic E-state index is 11.6. The molecule has 1 aliphatic carbocycles. The molecule has 3 heteroatoms. The third-order valence-corrected chi connectivity index (χ3v) is 4.03. The summed E-state index contributed by atoms with van der Waals surface area (Å²) in [5.41, 5.74) is 2.84. The highest BCUT2D eigenvalue weighted by Gasteiger charge is 2.18. The molecule has 0 amide bonds. The van der Waals surface area contributed by atoms with Crippen molar-refractivity contribution in [3.05, 3.63) is 29.3 Å². The predicted octanol–water partition coefficient (Wildman–Crippen LogP) is 3.77. The molecule has 0 radical (unpaired) electrons. The average Bonchev–Trinajstić information content (AvgIpc) is 2.43. The van der Waals surface area contributed by atoms with Gasteiger partial charge < -0.3 is 10.1 Å². The summed E-state index contributed by atoms with van der Waals surface area (Å²) in [5, 5.41) is 3.58. The summed E-state index contributed by atoms with van der Waals surface area (Å²) in [7, 11) is 1.41. The molecule has 0 aliphatic heterocycles. The molecule has 0 heterocycles. The Morgan fingerprint density at radius 1 is 1.26 bits per heavy atom. The van der Waals surface area contributed by atoms with Crippen LogP contribution in [0.4, 0.5) is 5.69 Å². The fourth-order valence-corrected chi connectivity index (χ4v) is 2.65. The molecule has 1 aromatic rings. The molecule has 2 rings (SSSR count). The molecule has 0 bridgehead atoms. The monoisotopic (exact) mass is 261 g/mol. The first-order chi connectivity index (χ1) is 9.10. The molecule has 1 saturated carbocycles. The lowest BCUT2D eigenvalue weighted by atomic mass is 9.87. The predicted molar refractivity (Wildman–Crippen MR) is 77.6 cm³/mol. The van der Waals surface area contributed by atoms with Crippen LogP contribution in [0.1, 0.15) is 48.5 Å². The Morgan fingerprint density at radius 2 is 1.95 bits per heavy atom. The third kappa shape index (κ3) is 3.49. The highest BCUT2D eigenvalue weighted by atomic mass is 16.5. The molecule has 1 fully saturated rings. The molecule has 1 aliphatic rings. The number of hydrogen-bond acceptors (Lipinski definition) is 3. The summed E-state index contributed by atoms with van der Waals surface area (Å²) in [4.78, 5) is 11.6.